The molecule has 2 aliphatic heterocycles. The van der Waals surface area contributed by atoms with E-state index in [4.69, 9.17) is 30.4 Å². The fourth-order valence-electron chi connectivity index (χ4n) is 4.76. The molecule has 1 aromatic heterocycles. The van der Waals surface area contributed by atoms with Gasteiger partial charge in [0.2, 0.25) is 5.95 Å². The molecule has 1 saturated heterocycles. The molecule has 1 unspecified atom stereocenters. The lowest BCUT2D eigenvalue weighted by Gasteiger charge is -2.37. The number of hydrogen-bond donors (Lipinski definition) is 4. The van der Waals surface area contributed by atoms with Gasteiger partial charge in [0.25, 0.3) is 0 Å². The summed E-state index contributed by atoms with van der Waals surface area (Å²) in [4.78, 5) is 62.1. The number of rotatable bonds is 8. The minimum Gasteiger partial charge on any atom is -0.478 e. The van der Waals surface area contributed by atoms with E-state index in [0.29, 0.717) is 24.3 Å². The fourth-order valence-corrected chi connectivity index (χ4v) is 4.76. The van der Waals surface area contributed by atoms with Gasteiger partial charge < -0.3 is 25.3 Å². The zero-order chi connectivity index (χ0) is 32.8. The van der Waals surface area contributed by atoms with E-state index in [9.17, 15) is 19.2 Å². The summed E-state index contributed by atoms with van der Waals surface area (Å²) in [5.41, 5.74) is 3.44. The molecule has 0 amide bonds. The van der Waals surface area contributed by atoms with E-state index < -0.39 is 23.9 Å². The Morgan fingerprint density at radius 2 is 1.38 bits per heavy atom. The summed E-state index contributed by atoms with van der Waals surface area (Å²) in [6.45, 7) is 6.99. The van der Waals surface area contributed by atoms with Crippen LogP contribution in [0.3, 0.4) is 0 Å². The van der Waals surface area contributed by atoms with Gasteiger partial charge in [-0.05, 0) is 38.2 Å². The van der Waals surface area contributed by atoms with Gasteiger partial charge in [0, 0.05) is 80.7 Å². The Morgan fingerprint density at radius 3 is 1.93 bits per heavy atom. The van der Waals surface area contributed by atoms with Gasteiger partial charge in [-0.25, -0.2) is 34.1 Å². The van der Waals surface area contributed by atoms with Crippen molar-refractivity contribution in [2.24, 2.45) is 9.98 Å². The molecule has 1 atom stereocenters. The third-order valence-corrected chi connectivity index (χ3v) is 6.85. The second-order valence-electron chi connectivity index (χ2n) is 10.5. The predicted molar refractivity (Wildman–Crippen MR) is 166 cm³/mol. The Morgan fingerprint density at radius 1 is 0.822 bits per heavy atom. The number of fused-ring (bicyclic) bond motifs is 1. The van der Waals surface area contributed by atoms with Gasteiger partial charge >= 0.3 is 23.9 Å². The van der Waals surface area contributed by atoms with Crippen LogP contribution in [-0.4, -0.2) is 109 Å². The number of benzene rings is 1. The topological polar surface area (TPSA) is 206 Å². The summed E-state index contributed by atoms with van der Waals surface area (Å²) < 4.78 is 0. The first-order valence-corrected chi connectivity index (χ1v) is 14.2. The van der Waals surface area contributed by atoms with Crippen LogP contribution >= 0.6 is 0 Å². The van der Waals surface area contributed by atoms with E-state index in [1.54, 1.807) is 0 Å². The molecule has 0 bridgehead atoms. The van der Waals surface area contributed by atoms with E-state index in [2.05, 4.69) is 45.0 Å². The monoisotopic (exact) mass is 620 g/mol. The van der Waals surface area contributed by atoms with E-state index in [-0.39, 0.29) is 5.54 Å². The number of carboxylic acid groups (broad SMARTS) is 4. The lowest BCUT2D eigenvalue weighted by molar-refractivity contribution is -0.134. The summed E-state index contributed by atoms with van der Waals surface area (Å²) in [5, 5.41) is 31.2. The van der Waals surface area contributed by atoms with Crippen LogP contribution in [-0.2, 0) is 32.0 Å². The third-order valence-electron chi connectivity index (χ3n) is 6.85. The number of hydrogen-bond acceptors (Lipinski definition) is 10. The highest BCUT2D eigenvalue weighted by Crippen LogP contribution is 2.23. The van der Waals surface area contributed by atoms with E-state index in [1.807, 2.05) is 24.4 Å². The number of carboxylic acids is 4. The number of anilines is 1. The minimum absolute atomic E-state index is 0.254. The van der Waals surface area contributed by atoms with Gasteiger partial charge in [0.05, 0.1) is 0 Å². The molecule has 3 heterocycles. The van der Waals surface area contributed by atoms with Gasteiger partial charge in [-0.3, -0.25) is 9.89 Å². The van der Waals surface area contributed by atoms with Crippen molar-refractivity contribution in [1.29, 1.82) is 0 Å². The molecular weight excluding hydrogens is 584 g/mol. The largest absolute Gasteiger partial charge is 0.478 e. The summed E-state index contributed by atoms with van der Waals surface area (Å²) >= 11 is 0. The standard InChI is InChI=1S/C23H28N6.2C4H4O4/c1-23(16-25-21(27-23)18-7-3-2-4-8-18)17-28-11-13-29(14-12-28)22-24-15-19-9-5-6-10-20(19)26-22;2*5-3(6)1-2-4(7)8/h2-4,7-8,15-16H,5-6,9-14,17H2,1H3;2*1-2H,(H,5,6)(H,7,8)/b;2*2-1-. The van der Waals surface area contributed by atoms with Crippen LogP contribution in [0.15, 0.2) is 70.8 Å². The van der Waals surface area contributed by atoms with Gasteiger partial charge in [0.1, 0.15) is 5.54 Å². The summed E-state index contributed by atoms with van der Waals surface area (Å²) in [6.07, 6.45) is 11.1. The SMILES string of the molecule is CC1(CN2CCN(c3ncc4c(n3)CCCC4)CC2)C=NC(c2ccccc2)=N1.O=C(O)/C=C\C(=O)O.O=C(O)/C=C\C(=O)O. The number of aliphatic carboxylic acids is 4. The Bertz CT molecular complexity index is 1420. The van der Waals surface area contributed by atoms with Crippen LogP contribution in [0.25, 0.3) is 0 Å². The zero-order valence-electron chi connectivity index (χ0n) is 24.8. The number of aliphatic imine (C=N–C) groups is 2. The number of aryl methyl sites for hydroxylation is 2. The third kappa shape index (κ3) is 11.8. The molecule has 0 spiro atoms. The summed E-state index contributed by atoms with van der Waals surface area (Å²) in [5.74, 6) is -3.28. The zero-order valence-corrected chi connectivity index (χ0v) is 24.8. The van der Waals surface area contributed by atoms with Crippen molar-refractivity contribution in [3.8, 4) is 0 Å². The van der Waals surface area contributed by atoms with Gasteiger partial charge in [-0.2, -0.15) is 0 Å². The molecule has 5 rings (SSSR count). The smallest absolute Gasteiger partial charge is 0.328 e. The summed E-state index contributed by atoms with van der Waals surface area (Å²) in [6, 6.07) is 10.2. The van der Waals surface area contributed by atoms with Crippen molar-refractivity contribution >= 4 is 41.9 Å². The molecule has 2 aromatic rings. The highest BCUT2D eigenvalue weighted by molar-refractivity contribution is 6.08. The average Bonchev–Trinajstić information content (AvgIpc) is 3.41. The normalized spacial score (nSPS) is 19.1. The first kappa shape index (κ1) is 34.3. The van der Waals surface area contributed by atoms with Crippen LogP contribution in [0.2, 0.25) is 0 Å². The van der Waals surface area contributed by atoms with Crippen LogP contribution in [0.1, 0.15) is 36.6 Å². The Balaban J connectivity index is 0.000000287. The van der Waals surface area contributed by atoms with E-state index in [0.717, 1.165) is 62.9 Å². The molecule has 14 heteroatoms. The van der Waals surface area contributed by atoms with Gasteiger partial charge in [-0.15, -0.1) is 0 Å². The Hall–Kier alpha value is -5.24. The van der Waals surface area contributed by atoms with Crippen LogP contribution in [0, 0.1) is 0 Å². The minimum atomic E-state index is -1.26. The predicted octanol–water partition coefficient (Wildman–Crippen LogP) is 2.19. The van der Waals surface area contributed by atoms with Crippen molar-refractivity contribution in [2.75, 3.05) is 37.6 Å². The van der Waals surface area contributed by atoms with Gasteiger partial charge in [-0.1, -0.05) is 30.3 Å². The molecule has 4 N–H and O–H groups in total. The maximum Gasteiger partial charge on any atom is 0.328 e. The molecule has 1 aromatic carbocycles. The maximum absolute atomic E-state index is 9.55. The van der Waals surface area contributed by atoms with Gasteiger partial charge in [0.15, 0.2) is 5.84 Å². The summed E-state index contributed by atoms with van der Waals surface area (Å²) in [7, 11) is 0. The lowest BCUT2D eigenvalue weighted by Crippen LogP contribution is -2.51. The highest BCUT2D eigenvalue weighted by atomic mass is 16.4. The molecule has 0 radical (unpaired) electrons. The number of carbonyl (C=O) groups is 4. The molecule has 0 saturated carbocycles. The van der Waals surface area contributed by atoms with Crippen LogP contribution in [0.5, 0.6) is 0 Å². The number of aromatic nitrogens is 2. The molecule has 1 fully saturated rings. The van der Waals surface area contributed by atoms with Crippen molar-refractivity contribution in [1.82, 2.24) is 14.9 Å². The molecule has 1 aliphatic carbocycles. The van der Waals surface area contributed by atoms with E-state index in [1.165, 1.54) is 24.1 Å². The Labute approximate surface area is 259 Å². The quantitative estimate of drug-likeness (QED) is 0.313. The van der Waals surface area contributed by atoms with Crippen molar-refractivity contribution in [3.05, 3.63) is 77.7 Å². The van der Waals surface area contributed by atoms with Crippen molar-refractivity contribution < 1.29 is 39.6 Å². The van der Waals surface area contributed by atoms with Crippen LogP contribution in [0.4, 0.5) is 5.95 Å². The molecule has 238 valence electrons. The first-order valence-electron chi connectivity index (χ1n) is 14.2. The molecule has 45 heavy (non-hydrogen) atoms. The van der Waals surface area contributed by atoms with E-state index >= 15 is 0 Å². The second kappa shape index (κ2) is 16.6. The molecule has 14 nitrogen and oxygen atoms in total. The highest BCUT2D eigenvalue weighted by Gasteiger charge is 2.31. The second-order valence-corrected chi connectivity index (χ2v) is 10.5. The average molecular weight is 621 g/mol. The number of nitrogens with zero attached hydrogens (tertiary/aromatic N) is 6. The number of piperazine rings is 1. The lowest BCUT2D eigenvalue weighted by atomic mass is 9.98. The number of amidine groups is 1. The molecular formula is C31H36N6O8. The fraction of sp³-hybridized carbons (Fsp3) is 0.355. The Kier molecular flexibility index (Phi) is 12.6. The first-order chi connectivity index (χ1) is 21.4. The van der Waals surface area contributed by atoms with Crippen LogP contribution < -0.4 is 4.90 Å². The maximum atomic E-state index is 9.55. The van der Waals surface area contributed by atoms with Crippen molar-refractivity contribution in [3.63, 3.8) is 0 Å². The van der Waals surface area contributed by atoms with Crippen molar-refractivity contribution in [2.45, 2.75) is 38.1 Å². The molecule has 3 aliphatic rings.